The van der Waals surface area contributed by atoms with E-state index in [1.165, 1.54) is 5.01 Å². The van der Waals surface area contributed by atoms with E-state index in [0.717, 1.165) is 18.2 Å². The van der Waals surface area contributed by atoms with Crippen LogP contribution >= 0.6 is 0 Å². The summed E-state index contributed by atoms with van der Waals surface area (Å²) in [7, 11) is -4.14. The van der Waals surface area contributed by atoms with Gasteiger partial charge in [0.25, 0.3) is 0 Å². The molecule has 1 aliphatic rings. The smallest absolute Gasteiger partial charge is 0.378 e. The number of alkyl halides is 3. The molecule has 0 radical (unpaired) electrons. The van der Waals surface area contributed by atoms with E-state index in [0.29, 0.717) is 32.4 Å². The third-order valence-electron chi connectivity index (χ3n) is 3.41. The fourth-order valence-corrected chi connectivity index (χ4v) is 3.23. The number of benzene rings is 1. The molecule has 25 heavy (non-hydrogen) atoms. The fourth-order valence-electron chi connectivity index (χ4n) is 2.15. The highest BCUT2D eigenvalue weighted by atomic mass is 32.2. The summed E-state index contributed by atoms with van der Waals surface area (Å²) in [6.07, 6.45) is -4.77. The minimum atomic E-state index is -4.64. The van der Waals surface area contributed by atoms with Crippen molar-refractivity contribution in [2.24, 2.45) is 0 Å². The van der Waals surface area contributed by atoms with Crippen LogP contribution in [0.3, 0.4) is 0 Å². The molecule has 1 heterocycles. The molecule has 140 valence electrons. The number of rotatable bonds is 5. The van der Waals surface area contributed by atoms with E-state index in [1.54, 1.807) is 0 Å². The van der Waals surface area contributed by atoms with Crippen molar-refractivity contribution in [3.63, 3.8) is 0 Å². The minimum absolute atomic E-state index is 0.134. The van der Waals surface area contributed by atoms with Gasteiger partial charge in [-0.15, -0.1) is 0 Å². The Bertz CT molecular complexity index is 702. The second-order valence-corrected chi connectivity index (χ2v) is 7.01. The molecule has 0 spiro atoms. The Balaban J connectivity index is 1.94. The monoisotopic (exact) mass is 381 g/mol. The number of amides is 1. The maximum atomic E-state index is 12.7. The summed E-state index contributed by atoms with van der Waals surface area (Å²) >= 11 is 0. The molecule has 1 fully saturated rings. The van der Waals surface area contributed by atoms with Gasteiger partial charge in [-0.25, -0.2) is 18.6 Å². The Morgan fingerprint density at radius 1 is 1.32 bits per heavy atom. The minimum Gasteiger partial charge on any atom is -0.378 e. The predicted molar refractivity (Wildman–Crippen MR) is 81.8 cm³/mol. The molecule has 1 aliphatic heterocycles. The van der Waals surface area contributed by atoms with E-state index < -0.39 is 26.7 Å². The zero-order valence-corrected chi connectivity index (χ0v) is 14.0. The van der Waals surface area contributed by atoms with E-state index in [4.69, 9.17) is 4.74 Å². The van der Waals surface area contributed by atoms with Crippen molar-refractivity contribution in [3.8, 4) is 0 Å². The molecule has 0 aromatic heterocycles. The first kappa shape index (κ1) is 19.6. The summed E-state index contributed by atoms with van der Waals surface area (Å²) in [6.45, 7) is 1.40. The number of sulfonamides is 1. The van der Waals surface area contributed by atoms with Crippen molar-refractivity contribution >= 4 is 15.9 Å². The zero-order chi connectivity index (χ0) is 18.5. The van der Waals surface area contributed by atoms with Crippen LogP contribution in [0.2, 0.25) is 0 Å². The van der Waals surface area contributed by atoms with Gasteiger partial charge in [-0.3, -0.25) is 9.80 Å². The summed E-state index contributed by atoms with van der Waals surface area (Å²) in [6, 6.07) is 3.42. The highest BCUT2D eigenvalue weighted by Crippen LogP contribution is 2.30. The normalized spacial score (nSPS) is 16.5. The molecule has 0 unspecified atom stereocenters. The first-order valence-electron chi connectivity index (χ1n) is 7.49. The summed E-state index contributed by atoms with van der Waals surface area (Å²) in [5.74, 6) is -0.336. The van der Waals surface area contributed by atoms with Crippen LogP contribution in [-0.2, 0) is 25.7 Å². The Morgan fingerprint density at radius 2 is 2.08 bits per heavy atom. The van der Waals surface area contributed by atoms with Gasteiger partial charge < -0.3 is 4.74 Å². The zero-order valence-electron chi connectivity index (χ0n) is 13.2. The summed E-state index contributed by atoms with van der Waals surface area (Å²) < 4.78 is 69.5. The van der Waals surface area contributed by atoms with Gasteiger partial charge >= 0.3 is 6.18 Å². The Hall–Kier alpha value is -1.69. The van der Waals surface area contributed by atoms with Crippen LogP contribution in [0.15, 0.2) is 29.2 Å². The molecular weight excluding hydrogens is 363 g/mol. The molecule has 0 bridgehead atoms. The van der Waals surface area contributed by atoms with Crippen LogP contribution in [0, 0.1) is 0 Å². The van der Waals surface area contributed by atoms with Crippen molar-refractivity contribution in [1.82, 2.24) is 15.2 Å². The average molecular weight is 381 g/mol. The second kappa shape index (κ2) is 8.13. The van der Waals surface area contributed by atoms with Crippen LogP contribution < -0.4 is 10.1 Å². The van der Waals surface area contributed by atoms with E-state index in [-0.39, 0.29) is 18.9 Å². The second-order valence-electron chi connectivity index (χ2n) is 5.24. The van der Waals surface area contributed by atoms with Crippen LogP contribution in [0.25, 0.3) is 0 Å². The van der Waals surface area contributed by atoms with E-state index in [2.05, 4.69) is 10.1 Å². The summed E-state index contributed by atoms with van der Waals surface area (Å²) in [4.78, 5) is 11.5. The largest absolute Gasteiger partial charge is 0.416 e. The number of nitrogens with zero attached hydrogens (tertiary/aromatic N) is 1. The molecule has 0 aliphatic carbocycles. The molecule has 1 aromatic carbocycles. The standard InChI is InChI=1S/C14H18F3N3O4S/c15-14(16,17)11-2-1-3-12(10-11)25(22,23)19-5-4-13(21)20-7-9-24-8-6-18-20/h1-3,10,18-19H,4-9H2. The molecule has 1 aromatic rings. The molecule has 2 rings (SSSR count). The third kappa shape index (κ3) is 5.66. The SMILES string of the molecule is O=C(CCNS(=O)(=O)c1cccc(C(F)(F)F)c1)N1CCOCCN1. The van der Waals surface area contributed by atoms with E-state index in [9.17, 15) is 26.4 Å². The van der Waals surface area contributed by atoms with Crippen molar-refractivity contribution in [2.45, 2.75) is 17.5 Å². The summed E-state index contributed by atoms with van der Waals surface area (Å²) in [5.41, 5.74) is 1.79. The van der Waals surface area contributed by atoms with Gasteiger partial charge in [0.05, 0.1) is 30.2 Å². The molecule has 11 heteroatoms. The number of hydrazine groups is 1. The molecular formula is C14H18F3N3O4S. The molecule has 0 saturated carbocycles. The van der Waals surface area contributed by atoms with Crippen LogP contribution in [-0.4, -0.2) is 52.2 Å². The number of ether oxygens (including phenoxy) is 1. The van der Waals surface area contributed by atoms with Gasteiger partial charge in [-0.2, -0.15) is 13.2 Å². The van der Waals surface area contributed by atoms with E-state index >= 15 is 0 Å². The third-order valence-corrected chi connectivity index (χ3v) is 4.87. The average Bonchev–Trinajstić information content (AvgIpc) is 2.83. The molecule has 1 amide bonds. The van der Waals surface area contributed by atoms with Gasteiger partial charge in [0.1, 0.15) is 0 Å². The van der Waals surface area contributed by atoms with Gasteiger partial charge in [-0.05, 0) is 18.2 Å². The number of halogens is 3. The maximum absolute atomic E-state index is 12.7. The van der Waals surface area contributed by atoms with Crippen LogP contribution in [0.1, 0.15) is 12.0 Å². The fraction of sp³-hybridized carbons (Fsp3) is 0.500. The van der Waals surface area contributed by atoms with E-state index in [1.807, 2.05) is 0 Å². The Kier molecular flexibility index (Phi) is 6.38. The lowest BCUT2D eigenvalue weighted by Gasteiger charge is -2.20. The Labute approximate surface area is 143 Å². The van der Waals surface area contributed by atoms with Crippen molar-refractivity contribution in [1.29, 1.82) is 0 Å². The van der Waals surface area contributed by atoms with Crippen molar-refractivity contribution < 1.29 is 31.1 Å². The lowest BCUT2D eigenvalue weighted by atomic mass is 10.2. The number of carbonyl (C=O) groups is 1. The quantitative estimate of drug-likeness (QED) is 0.786. The molecule has 0 atom stereocenters. The van der Waals surface area contributed by atoms with Crippen molar-refractivity contribution in [2.75, 3.05) is 32.8 Å². The number of hydrogen-bond acceptors (Lipinski definition) is 5. The van der Waals surface area contributed by atoms with Gasteiger partial charge in [0.15, 0.2) is 0 Å². The molecule has 1 saturated heterocycles. The first-order valence-corrected chi connectivity index (χ1v) is 8.97. The van der Waals surface area contributed by atoms with Crippen LogP contribution in [0.4, 0.5) is 13.2 Å². The number of nitrogens with one attached hydrogen (secondary N) is 2. The molecule has 7 nitrogen and oxygen atoms in total. The lowest BCUT2D eigenvalue weighted by molar-refractivity contribution is -0.137. The predicted octanol–water partition coefficient (Wildman–Crippen LogP) is 0.737. The van der Waals surface area contributed by atoms with Gasteiger partial charge in [0, 0.05) is 19.5 Å². The topological polar surface area (TPSA) is 87.7 Å². The number of carbonyl (C=O) groups excluding carboxylic acids is 1. The molecule has 2 N–H and O–H groups in total. The van der Waals surface area contributed by atoms with Crippen LogP contribution in [0.5, 0.6) is 0 Å². The summed E-state index contributed by atoms with van der Waals surface area (Å²) in [5, 5.41) is 1.34. The van der Waals surface area contributed by atoms with Gasteiger partial charge in [0.2, 0.25) is 15.9 Å². The number of hydrogen-bond donors (Lipinski definition) is 2. The maximum Gasteiger partial charge on any atom is 0.416 e. The van der Waals surface area contributed by atoms with Crippen molar-refractivity contribution in [3.05, 3.63) is 29.8 Å². The lowest BCUT2D eigenvalue weighted by Crippen LogP contribution is -2.44. The van der Waals surface area contributed by atoms with Gasteiger partial charge in [-0.1, -0.05) is 6.07 Å². The highest BCUT2D eigenvalue weighted by molar-refractivity contribution is 7.89. The highest BCUT2D eigenvalue weighted by Gasteiger charge is 2.31. The first-order chi connectivity index (χ1) is 11.7. The Morgan fingerprint density at radius 3 is 2.80 bits per heavy atom.